The third-order valence-corrected chi connectivity index (χ3v) is 8.22. The number of rotatable bonds is 3. The molecule has 0 radical (unpaired) electrons. The zero-order valence-corrected chi connectivity index (χ0v) is 13.6. The largest absolute Gasteiger partial charge is 0.310 e. The van der Waals surface area contributed by atoms with Crippen molar-refractivity contribution >= 4 is 0 Å². The van der Waals surface area contributed by atoms with Crippen LogP contribution in [-0.2, 0) is 0 Å². The van der Waals surface area contributed by atoms with Crippen LogP contribution in [0.15, 0.2) is 0 Å². The van der Waals surface area contributed by atoms with Gasteiger partial charge in [0.1, 0.15) is 0 Å². The second-order valence-corrected chi connectivity index (χ2v) is 9.13. The molecule has 1 N–H and O–H groups in total. The van der Waals surface area contributed by atoms with Crippen LogP contribution in [-0.4, -0.2) is 12.1 Å². The fourth-order valence-corrected chi connectivity index (χ4v) is 7.29. The molecule has 1 heteroatoms. The average molecular weight is 287 g/mol. The van der Waals surface area contributed by atoms with E-state index in [2.05, 4.69) is 5.32 Å². The minimum absolute atomic E-state index is 0.900. The van der Waals surface area contributed by atoms with Gasteiger partial charge in [-0.05, 0) is 67.6 Å². The van der Waals surface area contributed by atoms with Crippen molar-refractivity contribution in [2.45, 2.75) is 89.1 Å². The fraction of sp³-hybridized carbons (Fsp3) is 1.00. The monoisotopic (exact) mass is 287 g/mol. The van der Waals surface area contributed by atoms with Gasteiger partial charge in [0, 0.05) is 12.1 Å². The molecule has 21 heavy (non-hydrogen) atoms. The molecule has 5 saturated carbocycles. The first-order valence-electron chi connectivity index (χ1n) is 10.2. The minimum Gasteiger partial charge on any atom is -0.310 e. The van der Waals surface area contributed by atoms with Crippen molar-refractivity contribution < 1.29 is 0 Å². The van der Waals surface area contributed by atoms with Gasteiger partial charge >= 0.3 is 0 Å². The summed E-state index contributed by atoms with van der Waals surface area (Å²) in [7, 11) is 0. The van der Waals surface area contributed by atoms with E-state index >= 15 is 0 Å². The minimum atomic E-state index is 0.900. The van der Waals surface area contributed by atoms with Crippen molar-refractivity contribution in [2.75, 3.05) is 0 Å². The summed E-state index contributed by atoms with van der Waals surface area (Å²) >= 11 is 0. The molecule has 0 spiro atoms. The Bertz CT molecular complexity index is 369. The van der Waals surface area contributed by atoms with Crippen LogP contribution in [0.25, 0.3) is 0 Å². The first kappa shape index (κ1) is 13.4. The van der Waals surface area contributed by atoms with Gasteiger partial charge in [0.2, 0.25) is 0 Å². The van der Waals surface area contributed by atoms with E-state index in [1.54, 1.807) is 32.1 Å². The molecule has 6 unspecified atom stereocenters. The van der Waals surface area contributed by atoms with Crippen LogP contribution in [0.3, 0.4) is 0 Å². The molecule has 118 valence electrons. The molecule has 0 aromatic carbocycles. The topological polar surface area (TPSA) is 12.0 Å². The molecular weight excluding hydrogens is 254 g/mol. The fourth-order valence-electron chi connectivity index (χ4n) is 7.29. The highest BCUT2D eigenvalue weighted by atomic mass is 15.1. The molecule has 5 rings (SSSR count). The summed E-state index contributed by atoms with van der Waals surface area (Å²) in [5, 5.41) is 4.24. The molecule has 0 aliphatic heterocycles. The highest BCUT2D eigenvalue weighted by molar-refractivity contribution is 5.17. The summed E-state index contributed by atoms with van der Waals surface area (Å²) in [5.41, 5.74) is 0. The maximum atomic E-state index is 4.24. The van der Waals surface area contributed by atoms with Gasteiger partial charge in [-0.1, -0.05) is 44.9 Å². The van der Waals surface area contributed by atoms with Crippen molar-refractivity contribution in [1.82, 2.24) is 5.32 Å². The van der Waals surface area contributed by atoms with Gasteiger partial charge in [0.05, 0.1) is 0 Å². The number of fused-ring (bicyclic) bond motifs is 5. The van der Waals surface area contributed by atoms with E-state index < -0.39 is 0 Å². The molecule has 0 saturated heterocycles. The van der Waals surface area contributed by atoms with Gasteiger partial charge in [0.15, 0.2) is 0 Å². The van der Waals surface area contributed by atoms with Crippen LogP contribution >= 0.6 is 0 Å². The Morgan fingerprint density at radius 1 is 0.571 bits per heavy atom. The Hall–Kier alpha value is -0.0400. The van der Waals surface area contributed by atoms with Crippen molar-refractivity contribution in [2.24, 2.45) is 35.5 Å². The van der Waals surface area contributed by atoms with Crippen molar-refractivity contribution in [3.63, 3.8) is 0 Å². The summed E-state index contributed by atoms with van der Waals surface area (Å²) in [4.78, 5) is 0. The normalized spacial score (nSPS) is 52.9. The number of hydrogen-bond acceptors (Lipinski definition) is 1. The second-order valence-electron chi connectivity index (χ2n) is 9.13. The first-order valence-corrected chi connectivity index (χ1v) is 10.2. The van der Waals surface area contributed by atoms with Gasteiger partial charge in [0.25, 0.3) is 0 Å². The Labute approximate surface area is 130 Å². The van der Waals surface area contributed by atoms with Crippen molar-refractivity contribution in [3.8, 4) is 0 Å². The third-order valence-electron chi connectivity index (χ3n) is 8.22. The molecule has 6 atom stereocenters. The van der Waals surface area contributed by atoms with E-state index in [0.717, 1.165) is 47.6 Å². The highest BCUT2D eigenvalue weighted by Gasteiger charge is 2.65. The van der Waals surface area contributed by atoms with Crippen LogP contribution in [0, 0.1) is 35.5 Å². The quantitative estimate of drug-likeness (QED) is 0.789. The number of nitrogens with one attached hydrogen (secondary N) is 1. The van der Waals surface area contributed by atoms with Gasteiger partial charge in [-0.15, -0.1) is 0 Å². The van der Waals surface area contributed by atoms with Gasteiger partial charge < -0.3 is 5.32 Å². The lowest BCUT2D eigenvalue weighted by molar-refractivity contribution is 0.145. The van der Waals surface area contributed by atoms with Gasteiger partial charge in [-0.25, -0.2) is 0 Å². The maximum Gasteiger partial charge on any atom is 0.0138 e. The summed E-state index contributed by atoms with van der Waals surface area (Å²) in [6, 6.07) is 1.86. The van der Waals surface area contributed by atoms with Crippen LogP contribution in [0.4, 0.5) is 0 Å². The lowest BCUT2D eigenvalue weighted by Gasteiger charge is -2.40. The van der Waals surface area contributed by atoms with Crippen molar-refractivity contribution in [1.29, 1.82) is 0 Å². The van der Waals surface area contributed by atoms with Gasteiger partial charge in [-0.3, -0.25) is 0 Å². The highest BCUT2D eigenvalue weighted by Crippen LogP contribution is 2.65. The maximum absolute atomic E-state index is 4.24. The summed E-state index contributed by atoms with van der Waals surface area (Å²) in [6.45, 7) is 0. The van der Waals surface area contributed by atoms with E-state index in [1.807, 2.05) is 0 Å². The predicted molar refractivity (Wildman–Crippen MR) is 87.1 cm³/mol. The van der Waals surface area contributed by atoms with E-state index in [9.17, 15) is 0 Å². The molecule has 2 bridgehead atoms. The average Bonchev–Trinajstić information content (AvgIpc) is 2.93. The summed E-state index contributed by atoms with van der Waals surface area (Å²) in [5.74, 6) is 6.63. The molecule has 0 heterocycles. The van der Waals surface area contributed by atoms with Crippen LogP contribution in [0.1, 0.15) is 77.0 Å². The number of hydrogen-bond donors (Lipinski definition) is 1. The second kappa shape index (κ2) is 5.25. The molecule has 5 aliphatic carbocycles. The van der Waals surface area contributed by atoms with Gasteiger partial charge in [-0.2, -0.15) is 0 Å². The summed E-state index contributed by atoms with van der Waals surface area (Å²) < 4.78 is 0. The van der Waals surface area contributed by atoms with Crippen LogP contribution < -0.4 is 5.32 Å². The molecule has 0 amide bonds. The zero-order valence-electron chi connectivity index (χ0n) is 13.6. The van der Waals surface area contributed by atoms with E-state index in [-0.39, 0.29) is 0 Å². The Morgan fingerprint density at radius 3 is 2.00 bits per heavy atom. The zero-order chi connectivity index (χ0) is 13.8. The Kier molecular flexibility index (Phi) is 3.35. The van der Waals surface area contributed by atoms with E-state index in [1.165, 1.54) is 44.9 Å². The lowest BCUT2D eigenvalue weighted by atomic mass is 9.71. The Balaban J connectivity index is 1.24. The van der Waals surface area contributed by atoms with Crippen LogP contribution in [0.2, 0.25) is 0 Å². The molecule has 0 aromatic rings. The van der Waals surface area contributed by atoms with E-state index in [4.69, 9.17) is 0 Å². The standard InChI is InChI=1S/C20H33N/c1-2-6-13(7-3-1)16-8-4-5-9-17(16)21-20-18-14-10-11-15(12-14)19(18)20/h13-21H,1-12H2. The molecule has 5 aliphatic rings. The van der Waals surface area contributed by atoms with Crippen LogP contribution in [0.5, 0.6) is 0 Å². The predicted octanol–water partition coefficient (Wildman–Crippen LogP) is 4.76. The molecular formula is C20H33N. The molecule has 1 nitrogen and oxygen atoms in total. The lowest BCUT2D eigenvalue weighted by Crippen LogP contribution is -2.44. The molecule has 5 fully saturated rings. The van der Waals surface area contributed by atoms with E-state index in [0.29, 0.717) is 0 Å². The SMILES string of the molecule is C1CCC(C2CCCCC2NC2C3C4CCC(C4)C23)CC1. The summed E-state index contributed by atoms with van der Waals surface area (Å²) in [6.07, 6.45) is 18.4. The first-order chi connectivity index (χ1) is 10.4. The Morgan fingerprint density at radius 2 is 1.24 bits per heavy atom. The van der Waals surface area contributed by atoms with Crippen molar-refractivity contribution in [3.05, 3.63) is 0 Å². The molecule has 0 aromatic heterocycles. The third kappa shape index (κ3) is 2.21. The smallest absolute Gasteiger partial charge is 0.0138 e.